The van der Waals surface area contributed by atoms with Crippen LogP contribution in [0.3, 0.4) is 0 Å². The highest BCUT2D eigenvalue weighted by molar-refractivity contribution is 14.0. The van der Waals surface area contributed by atoms with E-state index in [1.54, 1.807) is 21.3 Å². The molecule has 1 N–H and O–H groups in total. The zero-order chi connectivity index (χ0) is 18.9. The minimum Gasteiger partial charge on any atom is -0.496 e. The maximum atomic E-state index is 5.45. The maximum absolute atomic E-state index is 5.45. The number of rotatable bonds is 7. The molecule has 0 aliphatic carbocycles. The molecule has 0 aromatic heterocycles. The molecule has 0 spiro atoms. The molecule has 0 heterocycles. The summed E-state index contributed by atoms with van der Waals surface area (Å²) in [6, 6.07) is 14.3. The van der Waals surface area contributed by atoms with E-state index in [1.807, 2.05) is 31.3 Å². The summed E-state index contributed by atoms with van der Waals surface area (Å²) >= 11 is 0. The molecule has 0 aliphatic rings. The number of aryl methyl sites for hydroxylation is 1. The highest BCUT2D eigenvalue weighted by Crippen LogP contribution is 2.20. The van der Waals surface area contributed by atoms with Crippen LogP contribution in [0.25, 0.3) is 0 Å². The Bertz CT molecular complexity index is 750. The lowest BCUT2D eigenvalue weighted by atomic mass is 10.1. The standard InChI is InChI=1S/C21H29N3O2.HI/c1-16-10-11-20(26-5)17(14-16)12-13-23-21(22-2)24(3)15-18-8-6-7-9-19(18)25-4;/h6-11,14H,12-13,15H2,1-5H3,(H,22,23);1H. The van der Waals surface area contributed by atoms with Crippen LogP contribution in [-0.4, -0.2) is 45.7 Å². The zero-order valence-electron chi connectivity index (χ0n) is 16.8. The van der Waals surface area contributed by atoms with Crippen molar-refractivity contribution in [3.8, 4) is 11.5 Å². The van der Waals surface area contributed by atoms with E-state index >= 15 is 0 Å². The van der Waals surface area contributed by atoms with Gasteiger partial charge < -0.3 is 19.7 Å². The van der Waals surface area contributed by atoms with Gasteiger partial charge >= 0.3 is 0 Å². The Morgan fingerprint density at radius 1 is 1.04 bits per heavy atom. The third-order valence-corrected chi connectivity index (χ3v) is 4.29. The fourth-order valence-electron chi connectivity index (χ4n) is 2.96. The number of hydrogen-bond acceptors (Lipinski definition) is 3. The SMILES string of the molecule is CN=C(NCCc1cc(C)ccc1OC)N(C)Cc1ccccc1OC.I. The number of benzene rings is 2. The molecule has 0 aliphatic heterocycles. The van der Waals surface area contributed by atoms with Gasteiger partial charge in [0.15, 0.2) is 5.96 Å². The minimum atomic E-state index is 0. The molecule has 2 aromatic rings. The number of aliphatic imine (C=N–C) groups is 1. The van der Waals surface area contributed by atoms with Gasteiger partial charge in [0.25, 0.3) is 0 Å². The molecular formula is C21H30IN3O2. The first-order valence-electron chi connectivity index (χ1n) is 8.76. The largest absolute Gasteiger partial charge is 0.496 e. The molecule has 27 heavy (non-hydrogen) atoms. The van der Waals surface area contributed by atoms with Gasteiger partial charge in [0, 0.05) is 32.7 Å². The average molecular weight is 483 g/mol. The molecule has 6 heteroatoms. The topological polar surface area (TPSA) is 46.1 Å². The third kappa shape index (κ3) is 6.61. The van der Waals surface area contributed by atoms with E-state index in [0.717, 1.165) is 42.5 Å². The molecule has 0 bridgehead atoms. The second kappa shape index (κ2) is 11.7. The average Bonchev–Trinajstić information content (AvgIpc) is 2.65. The number of nitrogens with one attached hydrogen (secondary N) is 1. The fraction of sp³-hybridized carbons (Fsp3) is 0.381. The van der Waals surface area contributed by atoms with Gasteiger partial charge in [0.2, 0.25) is 0 Å². The first kappa shape index (κ1) is 23.1. The van der Waals surface area contributed by atoms with Crippen LogP contribution in [-0.2, 0) is 13.0 Å². The molecule has 5 nitrogen and oxygen atoms in total. The van der Waals surface area contributed by atoms with Gasteiger partial charge in [-0.15, -0.1) is 24.0 Å². The molecule has 0 atom stereocenters. The van der Waals surface area contributed by atoms with Crippen LogP contribution in [0.4, 0.5) is 0 Å². The Balaban J connectivity index is 0.00000364. The monoisotopic (exact) mass is 483 g/mol. The quantitative estimate of drug-likeness (QED) is 0.369. The third-order valence-electron chi connectivity index (χ3n) is 4.29. The summed E-state index contributed by atoms with van der Waals surface area (Å²) in [5.74, 6) is 2.66. The van der Waals surface area contributed by atoms with Crippen LogP contribution in [0.1, 0.15) is 16.7 Å². The normalized spacial score (nSPS) is 10.8. The molecule has 2 rings (SSSR count). The number of nitrogens with zero attached hydrogens (tertiary/aromatic N) is 2. The van der Waals surface area contributed by atoms with Crippen molar-refractivity contribution in [2.75, 3.05) is 34.9 Å². The van der Waals surface area contributed by atoms with Crippen molar-refractivity contribution in [3.05, 3.63) is 59.2 Å². The molecule has 0 saturated carbocycles. The summed E-state index contributed by atoms with van der Waals surface area (Å²) in [7, 11) is 7.23. The van der Waals surface area contributed by atoms with Crippen molar-refractivity contribution in [1.29, 1.82) is 0 Å². The molecule has 2 aromatic carbocycles. The highest BCUT2D eigenvalue weighted by atomic mass is 127. The number of ether oxygens (including phenoxy) is 2. The molecule has 0 fully saturated rings. The Morgan fingerprint density at radius 3 is 2.37 bits per heavy atom. The van der Waals surface area contributed by atoms with Crippen molar-refractivity contribution in [3.63, 3.8) is 0 Å². The lowest BCUT2D eigenvalue weighted by Crippen LogP contribution is -2.39. The van der Waals surface area contributed by atoms with E-state index in [4.69, 9.17) is 9.47 Å². The van der Waals surface area contributed by atoms with E-state index in [-0.39, 0.29) is 24.0 Å². The summed E-state index contributed by atoms with van der Waals surface area (Å²) in [6.07, 6.45) is 0.867. The summed E-state index contributed by atoms with van der Waals surface area (Å²) in [5.41, 5.74) is 3.56. The zero-order valence-corrected chi connectivity index (χ0v) is 19.1. The van der Waals surface area contributed by atoms with Crippen molar-refractivity contribution in [2.24, 2.45) is 4.99 Å². The number of hydrogen-bond donors (Lipinski definition) is 1. The molecule has 148 valence electrons. The molecule has 0 radical (unpaired) electrons. The van der Waals surface area contributed by atoms with E-state index in [9.17, 15) is 0 Å². The van der Waals surface area contributed by atoms with Crippen LogP contribution >= 0.6 is 24.0 Å². The number of para-hydroxylation sites is 1. The smallest absolute Gasteiger partial charge is 0.193 e. The first-order chi connectivity index (χ1) is 12.6. The van der Waals surface area contributed by atoms with Crippen LogP contribution < -0.4 is 14.8 Å². The predicted octanol–water partition coefficient (Wildman–Crippen LogP) is 3.88. The van der Waals surface area contributed by atoms with Gasteiger partial charge in [0.1, 0.15) is 11.5 Å². The Morgan fingerprint density at radius 2 is 1.70 bits per heavy atom. The Kier molecular flexibility index (Phi) is 9.99. The lowest BCUT2D eigenvalue weighted by Gasteiger charge is -2.23. The van der Waals surface area contributed by atoms with Crippen molar-refractivity contribution < 1.29 is 9.47 Å². The fourth-order valence-corrected chi connectivity index (χ4v) is 2.96. The molecular weight excluding hydrogens is 453 g/mol. The summed E-state index contributed by atoms with van der Waals surface area (Å²) in [4.78, 5) is 6.48. The van der Waals surface area contributed by atoms with Crippen molar-refractivity contribution in [1.82, 2.24) is 10.2 Å². The van der Waals surface area contributed by atoms with Crippen molar-refractivity contribution in [2.45, 2.75) is 19.9 Å². The van der Waals surface area contributed by atoms with E-state index in [0.29, 0.717) is 0 Å². The first-order valence-corrected chi connectivity index (χ1v) is 8.76. The number of guanidine groups is 1. The second-order valence-corrected chi connectivity index (χ2v) is 6.21. The lowest BCUT2D eigenvalue weighted by molar-refractivity contribution is 0.396. The van der Waals surface area contributed by atoms with Crippen LogP contribution in [0.15, 0.2) is 47.5 Å². The minimum absolute atomic E-state index is 0. The Labute approximate surface area is 179 Å². The van der Waals surface area contributed by atoms with E-state index in [2.05, 4.69) is 40.3 Å². The molecule has 0 unspecified atom stereocenters. The number of methoxy groups -OCH3 is 2. The van der Waals surface area contributed by atoms with Gasteiger partial charge in [0.05, 0.1) is 14.2 Å². The molecule has 0 saturated heterocycles. The summed E-state index contributed by atoms with van der Waals surface area (Å²) < 4.78 is 10.9. The van der Waals surface area contributed by atoms with E-state index in [1.165, 1.54) is 11.1 Å². The van der Waals surface area contributed by atoms with Gasteiger partial charge in [-0.2, -0.15) is 0 Å². The van der Waals surface area contributed by atoms with Crippen LogP contribution in [0.2, 0.25) is 0 Å². The van der Waals surface area contributed by atoms with Gasteiger partial charge in [-0.25, -0.2) is 0 Å². The van der Waals surface area contributed by atoms with Gasteiger partial charge in [-0.1, -0.05) is 35.9 Å². The van der Waals surface area contributed by atoms with Crippen LogP contribution in [0.5, 0.6) is 11.5 Å². The van der Waals surface area contributed by atoms with Gasteiger partial charge in [-0.3, -0.25) is 4.99 Å². The number of halogens is 1. The Hall–Kier alpha value is -1.96. The summed E-state index contributed by atoms with van der Waals surface area (Å²) in [5, 5.41) is 3.43. The van der Waals surface area contributed by atoms with Gasteiger partial charge in [-0.05, 0) is 31.0 Å². The predicted molar refractivity (Wildman–Crippen MR) is 123 cm³/mol. The maximum Gasteiger partial charge on any atom is 0.193 e. The highest BCUT2D eigenvalue weighted by Gasteiger charge is 2.10. The molecule has 0 amide bonds. The van der Waals surface area contributed by atoms with Crippen molar-refractivity contribution >= 4 is 29.9 Å². The van der Waals surface area contributed by atoms with E-state index < -0.39 is 0 Å². The summed E-state index contributed by atoms with van der Waals surface area (Å²) in [6.45, 7) is 3.59. The van der Waals surface area contributed by atoms with Crippen LogP contribution in [0, 0.1) is 6.92 Å². The second-order valence-electron chi connectivity index (χ2n) is 6.21.